The van der Waals surface area contributed by atoms with Crippen LogP contribution in [-0.2, 0) is 0 Å². The maximum atomic E-state index is 9.10. The van der Waals surface area contributed by atoms with E-state index < -0.39 is 6.10 Å². The molecule has 1 rings (SSSR count). The fourth-order valence-corrected chi connectivity index (χ4v) is 1.62. The van der Waals surface area contributed by atoms with Crippen LogP contribution in [0.1, 0.15) is 31.9 Å². The molecule has 0 aliphatic heterocycles. The minimum atomic E-state index is -0.430. The molecule has 2 N–H and O–H groups in total. The van der Waals surface area contributed by atoms with Crippen LogP contribution in [0.4, 0.5) is 0 Å². The van der Waals surface area contributed by atoms with Crippen molar-refractivity contribution >= 4 is 0 Å². The van der Waals surface area contributed by atoms with Crippen LogP contribution in [0.2, 0.25) is 0 Å². The molecule has 2 unspecified atom stereocenters. The Kier molecular flexibility index (Phi) is 5.29. The Morgan fingerprint density at radius 3 is 2.38 bits per heavy atom. The standard InChI is InChI=1S/C13H21NO2/c1-4-13(14-3)11-5-7-12(8-6-11)16-9-10(2)15/h5-8,10,13-15H,4,9H2,1-3H3. The Morgan fingerprint density at radius 2 is 1.94 bits per heavy atom. The van der Waals surface area contributed by atoms with Crippen molar-refractivity contribution in [3.05, 3.63) is 29.8 Å². The number of ether oxygens (including phenoxy) is 1. The van der Waals surface area contributed by atoms with Crippen LogP contribution in [0.3, 0.4) is 0 Å². The van der Waals surface area contributed by atoms with E-state index in [2.05, 4.69) is 24.4 Å². The van der Waals surface area contributed by atoms with Crippen molar-refractivity contribution in [1.29, 1.82) is 0 Å². The maximum Gasteiger partial charge on any atom is 0.119 e. The van der Waals surface area contributed by atoms with Crippen LogP contribution in [0.15, 0.2) is 24.3 Å². The van der Waals surface area contributed by atoms with E-state index in [-0.39, 0.29) is 0 Å². The predicted molar refractivity (Wildman–Crippen MR) is 65.7 cm³/mol. The van der Waals surface area contributed by atoms with Gasteiger partial charge in [-0.1, -0.05) is 19.1 Å². The normalized spacial score (nSPS) is 14.5. The molecule has 1 aromatic carbocycles. The van der Waals surface area contributed by atoms with Crippen molar-refractivity contribution in [2.75, 3.05) is 13.7 Å². The summed E-state index contributed by atoms with van der Waals surface area (Å²) in [5.41, 5.74) is 1.26. The van der Waals surface area contributed by atoms with Gasteiger partial charge in [0.05, 0.1) is 6.10 Å². The van der Waals surface area contributed by atoms with E-state index >= 15 is 0 Å². The van der Waals surface area contributed by atoms with Crippen LogP contribution in [0, 0.1) is 0 Å². The van der Waals surface area contributed by atoms with E-state index in [0.29, 0.717) is 12.6 Å². The van der Waals surface area contributed by atoms with Gasteiger partial charge in [0, 0.05) is 6.04 Å². The van der Waals surface area contributed by atoms with Gasteiger partial charge in [0.15, 0.2) is 0 Å². The molecule has 0 aliphatic carbocycles. The van der Waals surface area contributed by atoms with E-state index in [1.165, 1.54) is 5.56 Å². The van der Waals surface area contributed by atoms with Gasteiger partial charge in [0.1, 0.15) is 12.4 Å². The molecule has 0 fully saturated rings. The third-order valence-electron chi connectivity index (χ3n) is 2.53. The molecule has 0 bridgehead atoms. The summed E-state index contributed by atoms with van der Waals surface area (Å²) < 4.78 is 5.40. The molecule has 0 saturated carbocycles. The van der Waals surface area contributed by atoms with Crippen molar-refractivity contribution in [2.45, 2.75) is 32.4 Å². The van der Waals surface area contributed by atoms with Gasteiger partial charge >= 0.3 is 0 Å². The number of hydrogen-bond acceptors (Lipinski definition) is 3. The van der Waals surface area contributed by atoms with Crippen LogP contribution >= 0.6 is 0 Å². The third-order valence-corrected chi connectivity index (χ3v) is 2.53. The zero-order chi connectivity index (χ0) is 12.0. The summed E-state index contributed by atoms with van der Waals surface area (Å²) in [6.45, 7) is 4.20. The number of nitrogens with one attached hydrogen (secondary N) is 1. The minimum Gasteiger partial charge on any atom is -0.491 e. The molecule has 0 radical (unpaired) electrons. The quantitative estimate of drug-likeness (QED) is 0.776. The second kappa shape index (κ2) is 6.51. The summed E-state index contributed by atoms with van der Waals surface area (Å²) in [5.74, 6) is 0.801. The first-order valence-electron chi connectivity index (χ1n) is 5.75. The maximum absolute atomic E-state index is 9.10. The number of aliphatic hydroxyl groups excluding tert-OH is 1. The summed E-state index contributed by atoms with van der Waals surface area (Å²) in [5, 5.41) is 12.4. The molecule has 3 heteroatoms. The highest BCUT2D eigenvalue weighted by atomic mass is 16.5. The van der Waals surface area contributed by atoms with Gasteiger partial charge in [-0.2, -0.15) is 0 Å². The molecular weight excluding hydrogens is 202 g/mol. The molecule has 3 nitrogen and oxygen atoms in total. The predicted octanol–water partition coefficient (Wildman–Crippen LogP) is 2.12. The second-order valence-corrected chi connectivity index (χ2v) is 3.98. The Labute approximate surface area is 97.4 Å². The topological polar surface area (TPSA) is 41.5 Å². The molecule has 2 atom stereocenters. The lowest BCUT2D eigenvalue weighted by atomic mass is 10.1. The summed E-state index contributed by atoms with van der Waals surface area (Å²) in [4.78, 5) is 0. The van der Waals surface area contributed by atoms with Gasteiger partial charge in [-0.3, -0.25) is 0 Å². The second-order valence-electron chi connectivity index (χ2n) is 3.98. The lowest BCUT2D eigenvalue weighted by Gasteiger charge is -2.15. The number of benzene rings is 1. The number of rotatable bonds is 6. The summed E-state index contributed by atoms with van der Waals surface area (Å²) in [6, 6.07) is 8.39. The SMILES string of the molecule is CCC(NC)c1ccc(OCC(C)O)cc1. The van der Waals surface area contributed by atoms with Gasteiger partial charge < -0.3 is 15.2 Å². The van der Waals surface area contributed by atoms with Crippen LogP contribution in [0.25, 0.3) is 0 Å². The van der Waals surface area contributed by atoms with E-state index in [1.54, 1.807) is 6.92 Å². The van der Waals surface area contributed by atoms with Gasteiger partial charge in [0.2, 0.25) is 0 Å². The van der Waals surface area contributed by atoms with E-state index in [1.807, 2.05) is 19.2 Å². The Bertz CT molecular complexity index is 291. The first-order chi connectivity index (χ1) is 7.67. The monoisotopic (exact) mass is 223 g/mol. The zero-order valence-corrected chi connectivity index (χ0v) is 10.2. The molecule has 16 heavy (non-hydrogen) atoms. The molecule has 0 heterocycles. The molecule has 0 saturated heterocycles. The molecule has 0 spiro atoms. The lowest BCUT2D eigenvalue weighted by molar-refractivity contribution is 0.122. The van der Waals surface area contributed by atoms with Gasteiger partial charge in [0.25, 0.3) is 0 Å². The minimum absolute atomic E-state index is 0.336. The molecule has 90 valence electrons. The van der Waals surface area contributed by atoms with E-state index in [4.69, 9.17) is 9.84 Å². The van der Waals surface area contributed by atoms with Gasteiger partial charge in [-0.05, 0) is 38.1 Å². The molecule has 0 aromatic heterocycles. The third kappa shape index (κ3) is 3.83. The molecular formula is C13H21NO2. The molecule has 0 aliphatic rings. The average molecular weight is 223 g/mol. The van der Waals surface area contributed by atoms with Gasteiger partial charge in [-0.25, -0.2) is 0 Å². The largest absolute Gasteiger partial charge is 0.491 e. The number of hydrogen-bond donors (Lipinski definition) is 2. The Balaban J connectivity index is 2.60. The first-order valence-corrected chi connectivity index (χ1v) is 5.75. The van der Waals surface area contributed by atoms with Crippen molar-refractivity contribution in [1.82, 2.24) is 5.32 Å². The molecule has 0 amide bonds. The highest BCUT2D eigenvalue weighted by molar-refractivity contribution is 5.29. The number of aliphatic hydroxyl groups is 1. The summed E-state index contributed by atoms with van der Waals surface area (Å²) in [6.07, 6.45) is 0.630. The Hall–Kier alpha value is -1.06. The highest BCUT2D eigenvalue weighted by Crippen LogP contribution is 2.19. The fourth-order valence-electron chi connectivity index (χ4n) is 1.62. The van der Waals surface area contributed by atoms with Crippen molar-refractivity contribution in [3.63, 3.8) is 0 Å². The van der Waals surface area contributed by atoms with E-state index in [9.17, 15) is 0 Å². The molecule has 1 aromatic rings. The van der Waals surface area contributed by atoms with Gasteiger partial charge in [-0.15, -0.1) is 0 Å². The first kappa shape index (κ1) is 13.0. The van der Waals surface area contributed by atoms with Crippen molar-refractivity contribution in [3.8, 4) is 5.75 Å². The van der Waals surface area contributed by atoms with Crippen molar-refractivity contribution < 1.29 is 9.84 Å². The zero-order valence-electron chi connectivity index (χ0n) is 10.2. The van der Waals surface area contributed by atoms with Crippen molar-refractivity contribution in [2.24, 2.45) is 0 Å². The lowest BCUT2D eigenvalue weighted by Crippen LogP contribution is -2.15. The van der Waals surface area contributed by atoms with Crippen LogP contribution < -0.4 is 10.1 Å². The summed E-state index contributed by atoms with van der Waals surface area (Å²) in [7, 11) is 1.96. The average Bonchev–Trinajstić information content (AvgIpc) is 2.29. The fraction of sp³-hybridized carbons (Fsp3) is 0.538. The van der Waals surface area contributed by atoms with Crippen LogP contribution in [-0.4, -0.2) is 24.9 Å². The summed E-state index contributed by atoms with van der Waals surface area (Å²) >= 11 is 0. The van der Waals surface area contributed by atoms with E-state index in [0.717, 1.165) is 12.2 Å². The van der Waals surface area contributed by atoms with Crippen LogP contribution in [0.5, 0.6) is 5.75 Å². The highest BCUT2D eigenvalue weighted by Gasteiger charge is 2.06. The Morgan fingerprint density at radius 1 is 1.31 bits per heavy atom. The smallest absolute Gasteiger partial charge is 0.119 e.